The molecule has 110 valence electrons. The Kier molecular flexibility index (Phi) is 3.71. The highest BCUT2D eigenvalue weighted by Gasteiger charge is 2.44. The van der Waals surface area contributed by atoms with Gasteiger partial charge >= 0.3 is 5.97 Å². The third-order valence-corrected chi connectivity index (χ3v) is 5.20. The van der Waals surface area contributed by atoms with E-state index in [1.54, 1.807) is 18.1 Å². The maximum Gasteiger partial charge on any atom is 0.306 e. The van der Waals surface area contributed by atoms with Gasteiger partial charge in [-0.2, -0.15) is 0 Å². The number of benzene rings is 1. The van der Waals surface area contributed by atoms with E-state index in [-0.39, 0.29) is 11.4 Å². The largest absolute Gasteiger partial charge is 0.469 e. The average molecular weight is 303 g/mol. The number of aromatic nitrogens is 2. The SMILES string of the molecule is COC(=O)CC1(CSc2ncnc3ccc(N)cc23)CC1. The van der Waals surface area contributed by atoms with Crippen molar-refractivity contribution in [1.82, 2.24) is 9.97 Å². The van der Waals surface area contributed by atoms with Crippen LogP contribution in [0, 0.1) is 5.41 Å². The Morgan fingerprint density at radius 2 is 2.24 bits per heavy atom. The summed E-state index contributed by atoms with van der Waals surface area (Å²) >= 11 is 1.67. The average Bonchev–Trinajstić information content (AvgIpc) is 3.25. The molecule has 0 atom stereocenters. The quantitative estimate of drug-likeness (QED) is 0.396. The maximum absolute atomic E-state index is 11.5. The van der Waals surface area contributed by atoms with E-state index in [4.69, 9.17) is 10.5 Å². The smallest absolute Gasteiger partial charge is 0.306 e. The molecule has 0 aliphatic heterocycles. The second kappa shape index (κ2) is 5.52. The number of fused-ring (bicyclic) bond motifs is 1. The van der Waals surface area contributed by atoms with E-state index in [1.165, 1.54) is 7.11 Å². The molecule has 1 heterocycles. The third kappa shape index (κ3) is 3.10. The van der Waals surface area contributed by atoms with Crippen molar-refractivity contribution >= 4 is 34.3 Å². The number of hydrogen-bond acceptors (Lipinski definition) is 6. The standard InChI is InChI=1S/C15H17N3O2S/c1-20-13(19)7-15(4-5-15)8-21-14-11-6-10(16)2-3-12(11)17-9-18-14/h2-3,6,9H,4-5,7-8,16H2,1H3. The topological polar surface area (TPSA) is 78.1 Å². The lowest BCUT2D eigenvalue weighted by molar-refractivity contribution is -0.141. The van der Waals surface area contributed by atoms with Gasteiger partial charge in [0.05, 0.1) is 19.0 Å². The summed E-state index contributed by atoms with van der Waals surface area (Å²) < 4.78 is 4.77. The highest BCUT2D eigenvalue weighted by atomic mass is 32.2. The second-order valence-electron chi connectivity index (χ2n) is 5.50. The molecule has 0 saturated heterocycles. The predicted molar refractivity (Wildman–Crippen MR) is 83.0 cm³/mol. The van der Waals surface area contributed by atoms with Crippen LogP contribution in [0.2, 0.25) is 0 Å². The number of carbonyl (C=O) groups excluding carboxylic acids is 1. The summed E-state index contributed by atoms with van der Waals surface area (Å²) in [5, 5.41) is 1.89. The van der Waals surface area contributed by atoms with Gasteiger partial charge in [-0.05, 0) is 36.5 Å². The van der Waals surface area contributed by atoms with Crippen LogP contribution in [0.4, 0.5) is 5.69 Å². The molecule has 21 heavy (non-hydrogen) atoms. The van der Waals surface area contributed by atoms with Gasteiger partial charge in [0.1, 0.15) is 11.4 Å². The molecular formula is C15H17N3O2S. The molecule has 5 nitrogen and oxygen atoms in total. The summed E-state index contributed by atoms with van der Waals surface area (Å²) in [5.41, 5.74) is 7.52. The van der Waals surface area contributed by atoms with Crippen LogP contribution >= 0.6 is 11.8 Å². The fraction of sp³-hybridized carbons (Fsp3) is 0.400. The first kappa shape index (κ1) is 14.1. The third-order valence-electron chi connectivity index (χ3n) is 3.84. The van der Waals surface area contributed by atoms with Gasteiger partial charge in [-0.25, -0.2) is 9.97 Å². The van der Waals surface area contributed by atoms with Gasteiger partial charge in [-0.1, -0.05) is 0 Å². The molecule has 1 aliphatic carbocycles. The molecule has 1 fully saturated rings. The van der Waals surface area contributed by atoms with E-state index in [2.05, 4.69) is 9.97 Å². The summed E-state index contributed by atoms with van der Waals surface area (Å²) in [6.45, 7) is 0. The van der Waals surface area contributed by atoms with Crippen LogP contribution in [0.3, 0.4) is 0 Å². The predicted octanol–water partition coefficient (Wildman–Crippen LogP) is 2.65. The van der Waals surface area contributed by atoms with Crippen molar-refractivity contribution in [1.29, 1.82) is 0 Å². The number of anilines is 1. The lowest BCUT2D eigenvalue weighted by Crippen LogP contribution is -2.13. The first-order valence-corrected chi connectivity index (χ1v) is 7.80. The van der Waals surface area contributed by atoms with Crippen molar-refractivity contribution < 1.29 is 9.53 Å². The molecule has 1 aliphatic rings. The molecule has 0 bridgehead atoms. The van der Waals surface area contributed by atoms with Crippen LogP contribution < -0.4 is 5.73 Å². The first-order chi connectivity index (χ1) is 10.1. The lowest BCUT2D eigenvalue weighted by Gasteiger charge is -2.13. The lowest BCUT2D eigenvalue weighted by atomic mass is 10.1. The minimum absolute atomic E-state index is 0.0787. The summed E-state index contributed by atoms with van der Waals surface area (Å²) in [6.07, 6.45) is 4.20. The highest BCUT2D eigenvalue weighted by Crippen LogP contribution is 2.52. The maximum atomic E-state index is 11.5. The Labute approximate surface area is 127 Å². The molecule has 1 aromatic heterocycles. The van der Waals surface area contributed by atoms with Crippen LogP contribution in [0.15, 0.2) is 29.6 Å². The fourth-order valence-corrected chi connectivity index (χ4v) is 3.59. The summed E-state index contributed by atoms with van der Waals surface area (Å²) in [7, 11) is 1.44. The molecule has 6 heteroatoms. The summed E-state index contributed by atoms with van der Waals surface area (Å²) in [5.74, 6) is 0.730. The number of esters is 1. The van der Waals surface area contributed by atoms with E-state index in [1.807, 2.05) is 18.2 Å². The molecule has 1 saturated carbocycles. The number of thioether (sulfide) groups is 1. The molecule has 0 amide bonds. The number of hydrogen-bond donors (Lipinski definition) is 1. The molecule has 2 aromatic rings. The zero-order valence-corrected chi connectivity index (χ0v) is 12.7. The van der Waals surface area contributed by atoms with Gasteiger partial charge < -0.3 is 10.5 Å². The number of nitrogens with zero attached hydrogens (tertiary/aromatic N) is 2. The van der Waals surface area contributed by atoms with E-state index in [0.29, 0.717) is 12.1 Å². The summed E-state index contributed by atoms with van der Waals surface area (Å²) in [6, 6.07) is 5.64. The van der Waals surface area contributed by atoms with Crippen LogP contribution in [-0.2, 0) is 9.53 Å². The van der Waals surface area contributed by atoms with Crippen molar-refractivity contribution in [3.8, 4) is 0 Å². The van der Waals surface area contributed by atoms with Gasteiger partial charge in [-0.3, -0.25) is 4.79 Å². The number of ether oxygens (including phenoxy) is 1. The second-order valence-corrected chi connectivity index (χ2v) is 6.46. The van der Waals surface area contributed by atoms with Crippen molar-refractivity contribution in [2.45, 2.75) is 24.3 Å². The monoisotopic (exact) mass is 303 g/mol. The summed E-state index contributed by atoms with van der Waals surface area (Å²) in [4.78, 5) is 20.1. The Hall–Kier alpha value is -1.82. The molecule has 0 unspecified atom stereocenters. The Morgan fingerprint density at radius 1 is 1.43 bits per heavy atom. The molecule has 0 radical (unpaired) electrons. The van der Waals surface area contributed by atoms with Gasteiger partial charge in [0.25, 0.3) is 0 Å². The molecule has 2 N–H and O–H groups in total. The molecule has 3 rings (SSSR count). The van der Waals surface area contributed by atoms with E-state index >= 15 is 0 Å². The normalized spacial score (nSPS) is 15.9. The van der Waals surface area contributed by atoms with E-state index < -0.39 is 0 Å². The minimum Gasteiger partial charge on any atom is -0.469 e. The van der Waals surface area contributed by atoms with E-state index in [0.717, 1.165) is 34.5 Å². The van der Waals surface area contributed by atoms with Crippen molar-refractivity contribution in [2.75, 3.05) is 18.6 Å². The van der Waals surface area contributed by atoms with Gasteiger partial charge in [0, 0.05) is 16.8 Å². The van der Waals surface area contributed by atoms with Crippen LogP contribution in [0.1, 0.15) is 19.3 Å². The minimum atomic E-state index is -0.134. The number of carbonyl (C=O) groups is 1. The Bertz CT molecular complexity index is 686. The first-order valence-electron chi connectivity index (χ1n) is 6.82. The fourth-order valence-electron chi connectivity index (χ4n) is 2.31. The van der Waals surface area contributed by atoms with Crippen LogP contribution in [0.25, 0.3) is 10.9 Å². The molecular weight excluding hydrogens is 286 g/mol. The van der Waals surface area contributed by atoms with Crippen LogP contribution in [-0.4, -0.2) is 28.8 Å². The number of nitrogens with two attached hydrogens (primary N) is 1. The van der Waals surface area contributed by atoms with Crippen molar-refractivity contribution in [3.05, 3.63) is 24.5 Å². The molecule has 0 spiro atoms. The van der Waals surface area contributed by atoms with Gasteiger partial charge in [-0.15, -0.1) is 11.8 Å². The number of nitrogen functional groups attached to an aromatic ring is 1. The zero-order valence-electron chi connectivity index (χ0n) is 11.8. The van der Waals surface area contributed by atoms with E-state index in [9.17, 15) is 4.79 Å². The van der Waals surface area contributed by atoms with Gasteiger partial charge in [0.15, 0.2) is 0 Å². The Balaban J connectivity index is 1.77. The Morgan fingerprint density at radius 3 is 2.95 bits per heavy atom. The highest BCUT2D eigenvalue weighted by molar-refractivity contribution is 7.99. The van der Waals surface area contributed by atoms with Crippen molar-refractivity contribution in [2.24, 2.45) is 5.41 Å². The zero-order chi connectivity index (χ0) is 14.9. The number of methoxy groups -OCH3 is 1. The van der Waals surface area contributed by atoms with Crippen LogP contribution in [0.5, 0.6) is 0 Å². The molecule has 1 aromatic carbocycles. The number of rotatable bonds is 5. The van der Waals surface area contributed by atoms with Gasteiger partial charge in [0.2, 0.25) is 0 Å². The van der Waals surface area contributed by atoms with Crippen molar-refractivity contribution in [3.63, 3.8) is 0 Å².